The average molecular weight is 322 g/mol. The molecule has 112 valence electrons. The van der Waals surface area contributed by atoms with Crippen LogP contribution in [0.3, 0.4) is 0 Å². The van der Waals surface area contributed by atoms with Gasteiger partial charge in [0.2, 0.25) is 0 Å². The van der Waals surface area contributed by atoms with Gasteiger partial charge in [-0.2, -0.15) is 9.40 Å². The topological polar surface area (TPSA) is 92.5 Å². The van der Waals surface area contributed by atoms with Crippen molar-refractivity contribution in [2.45, 2.75) is 30.8 Å². The third kappa shape index (κ3) is 2.43. The number of aryl methyl sites for hydroxylation is 1. The van der Waals surface area contributed by atoms with E-state index in [1.54, 1.807) is 6.92 Å². The number of carboxylic acid groups (broad SMARTS) is 1. The lowest BCUT2D eigenvalue weighted by atomic mass is 9.92. The van der Waals surface area contributed by atoms with Gasteiger partial charge in [0, 0.05) is 19.6 Å². The summed E-state index contributed by atoms with van der Waals surface area (Å²) in [6, 6.07) is -0.614. The smallest absolute Gasteiger partial charge is 0.308 e. The van der Waals surface area contributed by atoms with Crippen LogP contribution in [0.5, 0.6) is 0 Å². The van der Waals surface area contributed by atoms with Crippen molar-refractivity contribution in [3.63, 3.8) is 0 Å². The second-order valence-electron chi connectivity index (χ2n) is 4.86. The van der Waals surface area contributed by atoms with Crippen molar-refractivity contribution in [2.75, 3.05) is 6.54 Å². The molecule has 0 aromatic carbocycles. The lowest BCUT2D eigenvalue weighted by Crippen LogP contribution is -2.49. The molecule has 1 fully saturated rings. The fraction of sp³-hybridized carbons (Fsp3) is 0.636. The van der Waals surface area contributed by atoms with E-state index in [1.807, 2.05) is 0 Å². The minimum absolute atomic E-state index is 0.0390. The standard InChI is InChI=1S/C11H16ClN3O4S/c1-7-8(11(16)17)4-3-5-15(7)20(18,19)10-9(12)6-13-14(10)2/h6-8H,3-5H2,1-2H3,(H,16,17)/t7-,8-/m1/s1. The Labute approximate surface area is 122 Å². The molecule has 9 heteroatoms. The van der Waals surface area contributed by atoms with Crippen LogP contribution in [0.4, 0.5) is 0 Å². The normalized spacial score (nSPS) is 24.8. The molecule has 0 aliphatic carbocycles. The first kappa shape index (κ1) is 15.3. The molecule has 0 spiro atoms. The lowest BCUT2D eigenvalue weighted by Gasteiger charge is -2.36. The van der Waals surface area contributed by atoms with Gasteiger partial charge in [0.15, 0.2) is 5.03 Å². The highest BCUT2D eigenvalue weighted by molar-refractivity contribution is 7.89. The lowest BCUT2D eigenvalue weighted by molar-refractivity contribution is -0.144. The van der Waals surface area contributed by atoms with E-state index in [0.29, 0.717) is 12.8 Å². The molecule has 2 heterocycles. The molecule has 0 amide bonds. The number of carboxylic acids is 1. The molecular formula is C11H16ClN3O4S. The van der Waals surface area contributed by atoms with Crippen LogP contribution in [0, 0.1) is 5.92 Å². The molecule has 7 nitrogen and oxygen atoms in total. The van der Waals surface area contributed by atoms with Crippen molar-refractivity contribution in [3.8, 4) is 0 Å². The minimum Gasteiger partial charge on any atom is -0.481 e. The highest BCUT2D eigenvalue weighted by atomic mass is 35.5. The fourth-order valence-electron chi connectivity index (χ4n) is 2.58. The zero-order chi connectivity index (χ0) is 15.1. The van der Waals surface area contributed by atoms with E-state index in [0.717, 1.165) is 0 Å². The number of aromatic nitrogens is 2. The maximum atomic E-state index is 12.7. The van der Waals surface area contributed by atoms with E-state index in [9.17, 15) is 13.2 Å². The first-order valence-corrected chi connectivity index (χ1v) is 8.00. The van der Waals surface area contributed by atoms with E-state index >= 15 is 0 Å². The average Bonchev–Trinajstić information content (AvgIpc) is 2.69. The number of sulfonamides is 1. The number of aliphatic carboxylic acids is 1. The molecule has 1 N–H and O–H groups in total. The zero-order valence-electron chi connectivity index (χ0n) is 11.2. The Kier molecular flexibility index (Phi) is 4.08. The molecule has 1 saturated heterocycles. The number of nitrogens with zero attached hydrogens (tertiary/aromatic N) is 3. The second-order valence-corrected chi connectivity index (χ2v) is 7.08. The number of halogens is 1. The first-order valence-electron chi connectivity index (χ1n) is 6.19. The van der Waals surface area contributed by atoms with Crippen molar-refractivity contribution in [3.05, 3.63) is 11.2 Å². The Morgan fingerprint density at radius 3 is 2.70 bits per heavy atom. The van der Waals surface area contributed by atoms with Gasteiger partial charge in [-0.25, -0.2) is 8.42 Å². The van der Waals surface area contributed by atoms with Crippen LogP contribution in [0.1, 0.15) is 19.8 Å². The number of hydrogen-bond acceptors (Lipinski definition) is 4. The summed E-state index contributed by atoms with van der Waals surface area (Å²) >= 11 is 5.89. The van der Waals surface area contributed by atoms with Gasteiger partial charge in [0.25, 0.3) is 10.0 Å². The summed E-state index contributed by atoms with van der Waals surface area (Å²) in [7, 11) is -2.37. The number of carbonyl (C=O) groups is 1. The van der Waals surface area contributed by atoms with Gasteiger partial charge in [-0.3, -0.25) is 9.48 Å². The second kappa shape index (κ2) is 5.34. The molecule has 20 heavy (non-hydrogen) atoms. The van der Waals surface area contributed by atoms with Gasteiger partial charge in [-0.15, -0.1) is 0 Å². The zero-order valence-corrected chi connectivity index (χ0v) is 12.7. The third-order valence-corrected chi connectivity index (χ3v) is 6.14. The number of piperidine rings is 1. The van der Waals surface area contributed by atoms with Crippen molar-refractivity contribution < 1.29 is 18.3 Å². The van der Waals surface area contributed by atoms with Crippen LogP contribution in [0.25, 0.3) is 0 Å². The van der Waals surface area contributed by atoms with E-state index < -0.39 is 28.0 Å². The van der Waals surface area contributed by atoms with Crippen LogP contribution >= 0.6 is 11.6 Å². The predicted octanol–water partition coefficient (Wildman–Crippen LogP) is 0.947. The monoisotopic (exact) mass is 321 g/mol. The van der Waals surface area contributed by atoms with Crippen LogP contribution < -0.4 is 0 Å². The van der Waals surface area contributed by atoms with Crippen molar-refractivity contribution in [1.29, 1.82) is 0 Å². The van der Waals surface area contributed by atoms with Gasteiger partial charge < -0.3 is 5.11 Å². The van der Waals surface area contributed by atoms with E-state index in [2.05, 4.69) is 5.10 Å². The minimum atomic E-state index is -3.86. The maximum absolute atomic E-state index is 12.7. The molecule has 0 bridgehead atoms. The molecule has 1 aromatic rings. The highest BCUT2D eigenvalue weighted by Crippen LogP contribution is 2.31. The van der Waals surface area contributed by atoms with Gasteiger partial charge in [-0.05, 0) is 19.8 Å². The Hall–Kier alpha value is -1.12. The van der Waals surface area contributed by atoms with E-state index in [-0.39, 0.29) is 16.6 Å². The molecule has 1 aromatic heterocycles. The Morgan fingerprint density at radius 1 is 1.55 bits per heavy atom. The Balaban J connectivity index is 2.42. The molecule has 0 radical (unpaired) electrons. The van der Waals surface area contributed by atoms with E-state index in [4.69, 9.17) is 16.7 Å². The molecule has 1 aliphatic rings. The van der Waals surface area contributed by atoms with Crippen molar-refractivity contribution in [1.82, 2.24) is 14.1 Å². The summed E-state index contributed by atoms with van der Waals surface area (Å²) in [6.07, 6.45) is 2.25. The molecule has 2 rings (SSSR count). The van der Waals surface area contributed by atoms with Gasteiger partial charge >= 0.3 is 5.97 Å². The fourth-order valence-corrected chi connectivity index (χ4v) is 4.90. The van der Waals surface area contributed by atoms with Crippen LogP contribution in [-0.4, -0.2) is 46.2 Å². The quantitative estimate of drug-likeness (QED) is 0.894. The van der Waals surface area contributed by atoms with E-state index in [1.165, 1.54) is 22.2 Å². The van der Waals surface area contributed by atoms with Crippen LogP contribution in [-0.2, 0) is 21.9 Å². The first-order chi connectivity index (χ1) is 9.26. The largest absolute Gasteiger partial charge is 0.481 e. The third-order valence-electron chi connectivity index (χ3n) is 3.64. The number of rotatable bonds is 3. The van der Waals surface area contributed by atoms with Crippen LogP contribution in [0.2, 0.25) is 5.02 Å². The van der Waals surface area contributed by atoms with Gasteiger partial charge in [0.1, 0.15) is 0 Å². The molecule has 2 atom stereocenters. The highest BCUT2D eigenvalue weighted by Gasteiger charge is 2.41. The number of hydrogen-bond donors (Lipinski definition) is 1. The molecule has 0 unspecified atom stereocenters. The Morgan fingerprint density at radius 2 is 2.20 bits per heavy atom. The summed E-state index contributed by atoms with van der Waals surface area (Å²) in [5.74, 6) is -1.68. The molecule has 0 saturated carbocycles. The SMILES string of the molecule is C[C@@H]1[C@H](C(=O)O)CCCN1S(=O)(=O)c1c(Cl)cnn1C. The van der Waals surface area contributed by atoms with Gasteiger partial charge in [-0.1, -0.05) is 11.6 Å². The summed E-state index contributed by atoms with van der Waals surface area (Å²) in [5.41, 5.74) is 0. The molecular weight excluding hydrogens is 306 g/mol. The Bertz CT molecular complexity index is 608. The van der Waals surface area contributed by atoms with Crippen LogP contribution in [0.15, 0.2) is 11.2 Å². The molecule has 1 aliphatic heterocycles. The summed E-state index contributed by atoms with van der Waals surface area (Å²) < 4.78 is 27.7. The van der Waals surface area contributed by atoms with Crippen molar-refractivity contribution >= 4 is 27.6 Å². The summed E-state index contributed by atoms with van der Waals surface area (Å²) in [5, 5.41) is 12.9. The summed E-state index contributed by atoms with van der Waals surface area (Å²) in [4.78, 5) is 11.2. The van der Waals surface area contributed by atoms with Crippen molar-refractivity contribution in [2.24, 2.45) is 13.0 Å². The predicted molar refractivity (Wildman–Crippen MR) is 71.9 cm³/mol. The van der Waals surface area contributed by atoms with Gasteiger partial charge in [0.05, 0.1) is 17.1 Å². The maximum Gasteiger partial charge on any atom is 0.308 e. The summed E-state index contributed by atoms with van der Waals surface area (Å²) in [6.45, 7) is 1.90.